The maximum atomic E-state index is 12.3. The Labute approximate surface area is 144 Å². The van der Waals surface area contributed by atoms with E-state index >= 15 is 0 Å². The SMILES string of the molecule is O=C(NCc1ccc(Cl)s1)N1CCN(C(=O)C2CCCO2)CC1. The Morgan fingerprint density at radius 3 is 2.61 bits per heavy atom. The number of halogens is 1. The Morgan fingerprint density at radius 2 is 2.00 bits per heavy atom. The molecule has 3 rings (SSSR count). The molecule has 23 heavy (non-hydrogen) atoms. The van der Waals surface area contributed by atoms with E-state index in [9.17, 15) is 9.59 Å². The first-order valence-electron chi connectivity index (χ1n) is 7.81. The lowest BCUT2D eigenvalue weighted by molar-refractivity contribution is -0.142. The molecule has 0 saturated carbocycles. The van der Waals surface area contributed by atoms with E-state index in [1.807, 2.05) is 12.1 Å². The summed E-state index contributed by atoms with van der Waals surface area (Å²) in [7, 11) is 0. The average Bonchev–Trinajstić information content (AvgIpc) is 3.24. The van der Waals surface area contributed by atoms with E-state index < -0.39 is 0 Å². The summed E-state index contributed by atoms with van der Waals surface area (Å²) >= 11 is 7.33. The van der Waals surface area contributed by atoms with Crippen molar-refractivity contribution >= 4 is 34.9 Å². The second-order valence-corrected chi connectivity index (χ2v) is 7.48. The first-order valence-corrected chi connectivity index (χ1v) is 9.00. The lowest BCUT2D eigenvalue weighted by Gasteiger charge is -2.35. The minimum absolute atomic E-state index is 0.0655. The van der Waals surface area contributed by atoms with Crippen molar-refractivity contribution in [3.63, 3.8) is 0 Å². The van der Waals surface area contributed by atoms with E-state index in [4.69, 9.17) is 16.3 Å². The molecule has 1 N–H and O–H groups in total. The molecular weight excluding hydrogens is 338 g/mol. The van der Waals surface area contributed by atoms with Gasteiger partial charge in [0.05, 0.1) is 10.9 Å². The lowest BCUT2D eigenvalue weighted by atomic mass is 10.2. The maximum Gasteiger partial charge on any atom is 0.317 e. The molecule has 0 aliphatic carbocycles. The number of urea groups is 1. The molecule has 0 aromatic carbocycles. The van der Waals surface area contributed by atoms with Gasteiger partial charge in [-0.3, -0.25) is 4.79 Å². The summed E-state index contributed by atoms with van der Waals surface area (Å²) in [6.07, 6.45) is 1.48. The van der Waals surface area contributed by atoms with Gasteiger partial charge in [0.2, 0.25) is 0 Å². The molecule has 0 radical (unpaired) electrons. The van der Waals surface area contributed by atoms with E-state index in [-0.39, 0.29) is 18.0 Å². The Bertz CT molecular complexity index is 566. The van der Waals surface area contributed by atoms with Gasteiger partial charge in [-0.1, -0.05) is 11.6 Å². The number of thiophene rings is 1. The molecule has 2 aliphatic rings. The largest absolute Gasteiger partial charge is 0.368 e. The highest BCUT2D eigenvalue weighted by Crippen LogP contribution is 2.21. The third-order valence-electron chi connectivity index (χ3n) is 4.13. The Balaban J connectivity index is 1.42. The average molecular weight is 358 g/mol. The van der Waals surface area contributed by atoms with Crippen LogP contribution in [-0.2, 0) is 16.1 Å². The van der Waals surface area contributed by atoms with Crippen LogP contribution in [0.25, 0.3) is 0 Å². The number of piperazine rings is 1. The first kappa shape index (κ1) is 16.5. The predicted molar refractivity (Wildman–Crippen MR) is 88.7 cm³/mol. The monoisotopic (exact) mass is 357 g/mol. The summed E-state index contributed by atoms with van der Waals surface area (Å²) in [5.41, 5.74) is 0. The molecule has 2 aliphatic heterocycles. The number of hydrogen-bond donors (Lipinski definition) is 1. The standard InChI is InChI=1S/C15H20ClN3O3S/c16-13-4-3-11(23-13)10-17-15(21)19-7-5-18(6-8-19)14(20)12-2-1-9-22-12/h3-4,12H,1-2,5-10H2,(H,17,21). The molecule has 6 nitrogen and oxygen atoms in total. The number of ether oxygens (including phenoxy) is 1. The molecule has 3 amide bonds. The third-order valence-corrected chi connectivity index (χ3v) is 5.36. The van der Waals surface area contributed by atoms with Crippen molar-refractivity contribution in [3.8, 4) is 0 Å². The number of nitrogens with zero attached hydrogens (tertiary/aromatic N) is 2. The van der Waals surface area contributed by atoms with Gasteiger partial charge in [0.1, 0.15) is 6.10 Å². The molecular formula is C15H20ClN3O3S. The first-order chi connectivity index (χ1) is 11.1. The van der Waals surface area contributed by atoms with Crippen LogP contribution in [0.5, 0.6) is 0 Å². The minimum atomic E-state index is -0.279. The Morgan fingerprint density at radius 1 is 1.26 bits per heavy atom. The zero-order valence-electron chi connectivity index (χ0n) is 12.8. The van der Waals surface area contributed by atoms with Crippen LogP contribution in [0.2, 0.25) is 4.34 Å². The third kappa shape index (κ3) is 4.16. The number of nitrogens with one attached hydrogen (secondary N) is 1. The van der Waals surface area contributed by atoms with Gasteiger partial charge < -0.3 is 19.9 Å². The number of rotatable bonds is 3. The molecule has 126 valence electrons. The maximum absolute atomic E-state index is 12.3. The Hall–Kier alpha value is -1.31. The fourth-order valence-electron chi connectivity index (χ4n) is 2.83. The van der Waals surface area contributed by atoms with Crippen molar-refractivity contribution in [1.82, 2.24) is 15.1 Å². The summed E-state index contributed by atoms with van der Waals surface area (Å²) in [4.78, 5) is 29.0. The molecule has 0 bridgehead atoms. The summed E-state index contributed by atoms with van der Waals surface area (Å²) in [5, 5.41) is 2.89. The molecule has 0 spiro atoms. The lowest BCUT2D eigenvalue weighted by Crippen LogP contribution is -2.54. The second-order valence-electron chi connectivity index (χ2n) is 5.68. The number of carbonyl (C=O) groups excluding carboxylic acids is 2. The van der Waals surface area contributed by atoms with Crippen molar-refractivity contribution in [3.05, 3.63) is 21.3 Å². The highest BCUT2D eigenvalue weighted by Gasteiger charge is 2.31. The van der Waals surface area contributed by atoms with Crippen molar-refractivity contribution in [2.24, 2.45) is 0 Å². The molecule has 3 heterocycles. The van der Waals surface area contributed by atoms with E-state index in [2.05, 4.69) is 5.32 Å². The summed E-state index contributed by atoms with van der Waals surface area (Å²) in [6.45, 7) is 3.38. The van der Waals surface area contributed by atoms with Gasteiger partial charge in [0.15, 0.2) is 0 Å². The van der Waals surface area contributed by atoms with Crippen LogP contribution in [-0.4, -0.2) is 60.6 Å². The van der Waals surface area contributed by atoms with E-state index in [1.54, 1.807) is 9.80 Å². The van der Waals surface area contributed by atoms with Crippen LogP contribution >= 0.6 is 22.9 Å². The van der Waals surface area contributed by atoms with Gasteiger partial charge in [-0.25, -0.2) is 4.79 Å². The molecule has 2 saturated heterocycles. The molecule has 2 fully saturated rings. The molecule has 1 aromatic rings. The van der Waals surface area contributed by atoms with Gasteiger partial charge in [0.25, 0.3) is 5.91 Å². The van der Waals surface area contributed by atoms with Gasteiger partial charge in [-0.15, -0.1) is 11.3 Å². The fraction of sp³-hybridized carbons (Fsp3) is 0.600. The molecule has 1 aromatic heterocycles. The summed E-state index contributed by atoms with van der Waals surface area (Å²) < 4.78 is 6.16. The van der Waals surface area contributed by atoms with Gasteiger partial charge in [-0.05, 0) is 25.0 Å². The predicted octanol–water partition coefficient (Wildman–Crippen LogP) is 1.93. The molecule has 1 atom stereocenters. The number of carbonyl (C=O) groups is 2. The zero-order chi connectivity index (χ0) is 16.2. The van der Waals surface area contributed by atoms with Crippen LogP contribution in [0.4, 0.5) is 4.79 Å². The number of amides is 3. The summed E-state index contributed by atoms with van der Waals surface area (Å²) in [5.74, 6) is 0.0655. The zero-order valence-corrected chi connectivity index (χ0v) is 14.4. The normalized spacial score (nSPS) is 21.5. The Kier molecular flexibility index (Phi) is 5.40. The quantitative estimate of drug-likeness (QED) is 0.899. The highest BCUT2D eigenvalue weighted by molar-refractivity contribution is 7.16. The van der Waals surface area contributed by atoms with Crippen LogP contribution in [0, 0.1) is 0 Å². The molecule has 1 unspecified atom stereocenters. The van der Waals surface area contributed by atoms with Gasteiger partial charge in [-0.2, -0.15) is 0 Å². The van der Waals surface area contributed by atoms with Gasteiger partial charge in [0, 0.05) is 37.7 Å². The minimum Gasteiger partial charge on any atom is -0.368 e. The van der Waals surface area contributed by atoms with Gasteiger partial charge >= 0.3 is 6.03 Å². The molecule has 8 heteroatoms. The van der Waals surface area contributed by atoms with Crippen LogP contribution in [0.3, 0.4) is 0 Å². The highest BCUT2D eigenvalue weighted by atomic mass is 35.5. The summed E-state index contributed by atoms with van der Waals surface area (Å²) in [6, 6.07) is 3.63. The second kappa shape index (κ2) is 7.51. The van der Waals surface area contributed by atoms with Crippen LogP contribution < -0.4 is 5.32 Å². The van der Waals surface area contributed by atoms with E-state index in [0.717, 1.165) is 22.1 Å². The van der Waals surface area contributed by atoms with Crippen LogP contribution in [0.1, 0.15) is 17.7 Å². The van der Waals surface area contributed by atoms with E-state index in [1.165, 1.54) is 11.3 Å². The topological polar surface area (TPSA) is 61.9 Å². The number of hydrogen-bond acceptors (Lipinski definition) is 4. The van der Waals surface area contributed by atoms with Crippen molar-refractivity contribution in [2.45, 2.75) is 25.5 Å². The van der Waals surface area contributed by atoms with Crippen molar-refractivity contribution in [1.29, 1.82) is 0 Å². The smallest absolute Gasteiger partial charge is 0.317 e. The van der Waals surface area contributed by atoms with E-state index in [0.29, 0.717) is 39.3 Å². The van der Waals surface area contributed by atoms with Crippen LogP contribution in [0.15, 0.2) is 12.1 Å². The van der Waals surface area contributed by atoms with Crippen molar-refractivity contribution < 1.29 is 14.3 Å². The fourth-order valence-corrected chi connectivity index (χ4v) is 3.85. The van der Waals surface area contributed by atoms with Crippen molar-refractivity contribution in [2.75, 3.05) is 32.8 Å².